The van der Waals surface area contributed by atoms with Crippen molar-refractivity contribution < 1.29 is 4.42 Å². The molecule has 122 valence electrons. The number of unbranched alkanes of at least 4 members (excludes halogenated alkanes) is 3. The largest absolute Gasteiger partial charge is 0.456 e. The third-order valence-corrected chi connectivity index (χ3v) is 4.93. The minimum absolute atomic E-state index is 0.694. The smallest absolute Gasteiger partial charge is 0.135 e. The Morgan fingerprint density at radius 3 is 2.35 bits per heavy atom. The SMILES string of the molecule is CCCCCC(CCCC)c1ccc2oc3ccccc3c2c1. The molecule has 0 radical (unpaired) electrons. The van der Waals surface area contributed by atoms with Crippen molar-refractivity contribution in [1.29, 1.82) is 0 Å². The summed E-state index contributed by atoms with van der Waals surface area (Å²) < 4.78 is 5.97. The predicted molar refractivity (Wildman–Crippen MR) is 100 cm³/mol. The molecule has 1 aromatic heterocycles. The maximum atomic E-state index is 5.97. The Bertz CT molecular complexity index is 753. The van der Waals surface area contributed by atoms with E-state index in [-0.39, 0.29) is 0 Å². The van der Waals surface area contributed by atoms with E-state index in [1.165, 1.54) is 61.3 Å². The normalized spacial score (nSPS) is 13.0. The monoisotopic (exact) mass is 308 g/mol. The summed E-state index contributed by atoms with van der Waals surface area (Å²) in [7, 11) is 0. The Morgan fingerprint density at radius 1 is 0.783 bits per heavy atom. The highest BCUT2D eigenvalue weighted by molar-refractivity contribution is 6.05. The molecule has 0 fully saturated rings. The summed E-state index contributed by atoms with van der Waals surface area (Å²) in [6.45, 7) is 4.57. The van der Waals surface area contributed by atoms with Gasteiger partial charge in [0.05, 0.1) is 0 Å². The van der Waals surface area contributed by atoms with Crippen LogP contribution < -0.4 is 0 Å². The summed E-state index contributed by atoms with van der Waals surface area (Å²) in [4.78, 5) is 0. The summed E-state index contributed by atoms with van der Waals surface area (Å²) in [5.41, 5.74) is 3.50. The molecule has 0 saturated heterocycles. The minimum Gasteiger partial charge on any atom is -0.456 e. The summed E-state index contributed by atoms with van der Waals surface area (Å²) in [5.74, 6) is 0.694. The van der Waals surface area contributed by atoms with Crippen molar-refractivity contribution in [3.8, 4) is 0 Å². The zero-order valence-corrected chi connectivity index (χ0v) is 14.5. The molecule has 23 heavy (non-hydrogen) atoms. The summed E-state index contributed by atoms with van der Waals surface area (Å²) in [6, 6.07) is 15.2. The quantitative estimate of drug-likeness (QED) is 0.394. The van der Waals surface area contributed by atoms with E-state index in [0.29, 0.717) is 5.92 Å². The van der Waals surface area contributed by atoms with E-state index in [4.69, 9.17) is 4.42 Å². The first-order valence-corrected chi connectivity index (χ1v) is 9.24. The van der Waals surface area contributed by atoms with Crippen LogP contribution in [-0.4, -0.2) is 0 Å². The second-order valence-electron chi connectivity index (χ2n) is 6.69. The van der Waals surface area contributed by atoms with Gasteiger partial charge >= 0.3 is 0 Å². The molecule has 1 heterocycles. The van der Waals surface area contributed by atoms with Crippen molar-refractivity contribution in [3.63, 3.8) is 0 Å². The average molecular weight is 308 g/mol. The zero-order chi connectivity index (χ0) is 16.1. The van der Waals surface area contributed by atoms with Crippen LogP contribution >= 0.6 is 0 Å². The van der Waals surface area contributed by atoms with E-state index in [2.05, 4.69) is 50.2 Å². The maximum Gasteiger partial charge on any atom is 0.135 e. The van der Waals surface area contributed by atoms with Crippen molar-refractivity contribution in [2.75, 3.05) is 0 Å². The van der Waals surface area contributed by atoms with Gasteiger partial charge in [-0.15, -0.1) is 0 Å². The van der Waals surface area contributed by atoms with Gasteiger partial charge in [0.15, 0.2) is 0 Å². The van der Waals surface area contributed by atoms with Gasteiger partial charge in [-0.05, 0) is 42.5 Å². The molecule has 0 N–H and O–H groups in total. The van der Waals surface area contributed by atoms with Crippen LogP contribution in [0.15, 0.2) is 46.9 Å². The third kappa shape index (κ3) is 3.60. The lowest BCUT2D eigenvalue weighted by Gasteiger charge is -2.17. The first kappa shape index (κ1) is 16.1. The van der Waals surface area contributed by atoms with Gasteiger partial charge in [-0.1, -0.05) is 70.2 Å². The second kappa shape index (κ2) is 7.68. The van der Waals surface area contributed by atoms with Crippen LogP contribution in [-0.2, 0) is 0 Å². The molecule has 0 aliphatic rings. The molecular formula is C22H28O. The van der Waals surface area contributed by atoms with Crippen LogP contribution in [0.2, 0.25) is 0 Å². The number of furan rings is 1. The van der Waals surface area contributed by atoms with E-state index in [0.717, 1.165) is 11.2 Å². The fraction of sp³-hybridized carbons (Fsp3) is 0.455. The first-order valence-electron chi connectivity index (χ1n) is 9.24. The second-order valence-corrected chi connectivity index (χ2v) is 6.69. The van der Waals surface area contributed by atoms with Crippen LogP contribution in [0.4, 0.5) is 0 Å². The van der Waals surface area contributed by atoms with Gasteiger partial charge in [0.25, 0.3) is 0 Å². The maximum absolute atomic E-state index is 5.97. The van der Waals surface area contributed by atoms with Crippen molar-refractivity contribution in [2.45, 2.75) is 64.7 Å². The lowest BCUT2D eigenvalue weighted by atomic mass is 9.88. The summed E-state index contributed by atoms with van der Waals surface area (Å²) in [6.07, 6.45) is 9.21. The van der Waals surface area contributed by atoms with Crippen LogP contribution in [0.1, 0.15) is 70.3 Å². The average Bonchev–Trinajstić information content (AvgIpc) is 2.96. The molecule has 0 aliphatic heterocycles. The summed E-state index contributed by atoms with van der Waals surface area (Å²) in [5, 5.41) is 2.52. The number of para-hydroxylation sites is 1. The zero-order valence-electron chi connectivity index (χ0n) is 14.5. The Balaban J connectivity index is 1.92. The molecule has 1 unspecified atom stereocenters. The molecule has 3 aromatic rings. The van der Waals surface area contributed by atoms with E-state index in [9.17, 15) is 0 Å². The highest BCUT2D eigenvalue weighted by Crippen LogP contribution is 2.34. The van der Waals surface area contributed by atoms with Crippen LogP contribution in [0.5, 0.6) is 0 Å². The van der Waals surface area contributed by atoms with Gasteiger partial charge in [-0.3, -0.25) is 0 Å². The molecule has 0 aliphatic carbocycles. The van der Waals surface area contributed by atoms with Crippen molar-refractivity contribution in [1.82, 2.24) is 0 Å². The lowest BCUT2D eigenvalue weighted by molar-refractivity contribution is 0.515. The van der Waals surface area contributed by atoms with Crippen LogP contribution in [0, 0.1) is 0 Å². The van der Waals surface area contributed by atoms with Gasteiger partial charge in [0, 0.05) is 10.8 Å². The topological polar surface area (TPSA) is 13.1 Å². The van der Waals surface area contributed by atoms with E-state index >= 15 is 0 Å². The number of fused-ring (bicyclic) bond motifs is 3. The first-order chi connectivity index (χ1) is 11.3. The van der Waals surface area contributed by atoms with E-state index in [1.807, 2.05) is 6.07 Å². The number of benzene rings is 2. The number of rotatable bonds is 8. The Labute approximate surface area is 139 Å². The molecule has 0 bridgehead atoms. The van der Waals surface area contributed by atoms with Gasteiger partial charge in [-0.2, -0.15) is 0 Å². The lowest BCUT2D eigenvalue weighted by Crippen LogP contribution is -1.99. The Hall–Kier alpha value is -1.76. The number of hydrogen-bond acceptors (Lipinski definition) is 1. The molecular weight excluding hydrogens is 280 g/mol. The van der Waals surface area contributed by atoms with E-state index < -0.39 is 0 Å². The fourth-order valence-corrected chi connectivity index (χ4v) is 3.57. The predicted octanol–water partition coefficient (Wildman–Crippen LogP) is 7.44. The van der Waals surface area contributed by atoms with Crippen LogP contribution in [0.3, 0.4) is 0 Å². The van der Waals surface area contributed by atoms with E-state index in [1.54, 1.807) is 0 Å². The standard InChI is InChI=1S/C22H28O/c1-3-5-7-11-17(10-6-4-2)18-14-15-22-20(16-18)19-12-8-9-13-21(19)23-22/h8-9,12-17H,3-7,10-11H2,1-2H3. The molecule has 2 aromatic carbocycles. The molecule has 0 spiro atoms. The molecule has 1 nitrogen and oxygen atoms in total. The van der Waals surface area contributed by atoms with Gasteiger partial charge in [0.1, 0.15) is 11.2 Å². The van der Waals surface area contributed by atoms with Gasteiger partial charge < -0.3 is 4.42 Å². The molecule has 3 rings (SSSR count). The van der Waals surface area contributed by atoms with Crippen molar-refractivity contribution >= 4 is 21.9 Å². The Morgan fingerprint density at radius 2 is 1.52 bits per heavy atom. The highest BCUT2D eigenvalue weighted by Gasteiger charge is 2.14. The summed E-state index contributed by atoms with van der Waals surface area (Å²) >= 11 is 0. The van der Waals surface area contributed by atoms with Crippen molar-refractivity contribution in [2.24, 2.45) is 0 Å². The molecule has 0 amide bonds. The third-order valence-electron chi connectivity index (χ3n) is 4.93. The Kier molecular flexibility index (Phi) is 5.38. The molecule has 0 saturated carbocycles. The highest BCUT2D eigenvalue weighted by atomic mass is 16.3. The fourth-order valence-electron chi connectivity index (χ4n) is 3.57. The molecule has 1 heteroatoms. The van der Waals surface area contributed by atoms with Gasteiger partial charge in [0.2, 0.25) is 0 Å². The molecule has 1 atom stereocenters. The van der Waals surface area contributed by atoms with Crippen molar-refractivity contribution in [3.05, 3.63) is 48.0 Å². The van der Waals surface area contributed by atoms with Gasteiger partial charge in [-0.25, -0.2) is 0 Å². The number of hydrogen-bond donors (Lipinski definition) is 0. The minimum atomic E-state index is 0.694. The van der Waals surface area contributed by atoms with Crippen LogP contribution in [0.25, 0.3) is 21.9 Å².